The first kappa shape index (κ1) is 18.0. The van der Waals surface area contributed by atoms with E-state index in [1.807, 2.05) is 24.3 Å². The molecule has 1 aromatic rings. The van der Waals surface area contributed by atoms with Gasteiger partial charge >= 0.3 is 6.03 Å². The Balaban J connectivity index is 1.79. The molecule has 138 valence electrons. The Morgan fingerprint density at radius 1 is 1.16 bits per heavy atom. The number of carbonyl (C=O) groups excluding carboxylic acids is 1. The van der Waals surface area contributed by atoms with Crippen molar-refractivity contribution in [3.05, 3.63) is 29.8 Å². The minimum atomic E-state index is -3.13. The minimum Gasteiger partial charge on any atom is -0.497 e. The third kappa shape index (κ3) is 3.74. The molecule has 2 aliphatic rings. The van der Waals surface area contributed by atoms with Crippen LogP contribution in [0.4, 0.5) is 4.79 Å². The highest BCUT2D eigenvalue weighted by Gasteiger charge is 2.48. The Hall–Kier alpha value is -1.80. The minimum absolute atomic E-state index is 0.0519. The van der Waals surface area contributed by atoms with Gasteiger partial charge in [0, 0.05) is 39.8 Å². The van der Waals surface area contributed by atoms with Gasteiger partial charge in [0.2, 0.25) is 0 Å². The Labute approximate surface area is 149 Å². The third-order valence-corrected chi connectivity index (χ3v) is 6.66. The molecule has 25 heavy (non-hydrogen) atoms. The number of hydrogen-bond donors (Lipinski definition) is 0. The van der Waals surface area contributed by atoms with Crippen molar-refractivity contribution in [2.24, 2.45) is 0 Å². The van der Waals surface area contributed by atoms with E-state index in [1.165, 1.54) is 4.90 Å². The average Bonchev–Trinajstić information content (AvgIpc) is 2.90. The Morgan fingerprint density at radius 3 is 2.40 bits per heavy atom. The Bertz CT molecular complexity index is 733. The van der Waals surface area contributed by atoms with Gasteiger partial charge in [-0.2, -0.15) is 0 Å². The predicted octanol–water partition coefficient (Wildman–Crippen LogP) is 0.660. The van der Waals surface area contributed by atoms with E-state index >= 15 is 0 Å². The van der Waals surface area contributed by atoms with Crippen molar-refractivity contribution in [3.63, 3.8) is 0 Å². The predicted molar refractivity (Wildman–Crippen MR) is 95.4 cm³/mol. The fraction of sp³-hybridized carbons (Fsp3) is 0.588. The standard InChI is InChI=1S/C17H25N3O4S/c1-18(2)17(21)20-9-8-19(15-11-25(22,23)12-16(15)20)10-13-4-6-14(24-3)7-5-13/h4-7,15-16H,8-12H2,1-3H3/t15-,16+/m0/s1. The largest absolute Gasteiger partial charge is 0.497 e. The smallest absolute Gasteiger partial charge is 0.319 e. The lowest BCUT2D eigenvalue weighted by atomic mass is 10.0. The number of sulfone groups is 1. The molecule has 3 rings (SSSR count). The fourth-order valence-corrected chi connectivity index (χ4v) is 5.69. The summed E-state index contributed by atoms with van der Waals surface area (Å²) in [5.41, 5.74) is 1.11. The van der Waals surface area contributed by atoms with E-state index in [0.29, 0.717) is 19.6 Å². The topological polar surface area (TPSA) is 70.2 Å². The maximum Gasteiger partial charge on any atom is 0.319 e. The van der Waals surface area contributed by atoms with E-state index in [-0.39, 0.29) is 29.6 Å². The van der Waals surface area contributed by atoms with E-state index in [0.717, 1.165) is 11.3 Å². The molecule has 2 saturated heterocycles. The van der Waals surface area contributed by atoms with Gasteiger partial charge in [-0.05, 0) is 17.7 Å². The summed E-state index contributed by atoms with van der Waals surface area (Å²) >= 11 is 0. The molecule has 2 aliphatic heterocycles. The maximum atomic E-state index is 12.4. The highest BCUT2D eigenvalue weighted by Crippen LogP contribution is 2.29. The molecular formula is C17H25N3O4S. The Morgan fingerprint density at radius 2 is 1.80 bits per heavy atom. The molecule has 2 heterocycles. The molecule has 0 aromatic heterocycles. The SMILES string of the molecule is COc1ccc(CN2CCN(C(=O)N(C)C)[C@@H]3CS(=O)(=O)C[C@@H]32)cc1. The molecule has 0 aliphatic carbocycles. The van der Waals surface area contributed by atoms with Crippen LogP contribution in [0.15, 0.2) is 24.3 Å². The summed E-state index contributed by atoms with van der Waals surface area (Å²) in [4.78, 5) is 17.8. The monoisotopic (exact) mass is 367 g/mol. The van der Waals surface area contributed by atoms with Crippen molar-refractivity contribution in [3.8, 4) is 5.75 Å². The molecule has 0 spiro atoms. The molecule has 7 nitrogen and oxygen atoms in total. The van der Waals surface area contributed by atoms with Gasteiger partial charge < -0.3 is 14.5 Å². The molecule has 0 unspecified atom stereocenters. The molecule has 0 bridgehead atoms. The lowest BCUT2D eigenvalue weighted by Gasteiger charge is -2.44. The van der Waals surface area contributed by atoms with Crippen LogP contribution in [-0.4, -0.2) is 87.0 Å². The van der Waals surface area contributed by atoms with Crippen molar-refractivity contribution in [2.45, 2.75) is 18.6 Å². The highest BCUT2D eigenvalue weighted by molar-refractivity contribution is 7.91. The van der Waals surface area contributed by atoms with Crippen LogP contribution < -0.4 is 4.74 Å². The van der Waals surface area contributed by atoms with E-state index < -0.39 is 9.84 Å². The summed E-state index contributed by atoms with van der Waals surface area (Å²) in [5, 5.41) is 0. The summed E-state index contributed by atoms with van der Waals surface area (Å²) in [6.07, 6.45) is 0. The number of ether oxygens (including phenoxy) is 1. The zero-order valence-electron chi connectivity index (χ0n) is 14.9. The van der Waals surface area contributed by atoms with Crippen molar-refractivity contribution in [2.75, 3.05) is 45.8 Å². The molecule has 0 N–H and O–H groups in total. The van der Waals surface area contributed by atoms with Crippen LogP contribution in [0.5, 0.6) is 5.75 Å². The van der Waals surface area contributed by atoms with Gasteiger partial charge in [0.1, 0.15) is 5.75 Å². The van der Waals surface area contributed by atoms with Crippen LogP contribution in [0, 0.1) is 0 Å². The number of rotatable bonds is 3. The lowest BCUT2D eigenvalue weighted by molar-refractivity contribution is 0.0520. The van der Waals surface area contributed by atoms with Gasteiger partial charge in [-0.3, -0.25) is 4.90 Å². The first-order chi connectivity index (χ1) is 11.8. The average molecular weight is 367 g/mol. The van der Waals surface area contributed by atoms with Crippen LogP contribution in [-0.2, 0) is 16.4 Å². The number of fused-ring (bicyclic) bond motifs is 1. The van der Waals surface area contributed by atoms with Crippen molar-refractivity contribution in [1.29, 1.82) is 0 Å². The molecular weight excluding hydrogens is 342 g/mol. The molecule has 2 atom stereocenters. The lowest BCUT2D eigenvalue weighted by Crippen LogP contribution is -2.61. The molecule has 2 amide bonds. The normalized spacial score (nSPS) is 25.5. The number of methoxy groups -OCH3 is 1. The fourth-order valence-electron chi connectivity index (χ4n) is 3.68. The molecule has 0 saturated carbocycles. The number of benzene rings is 1. The van der Waals surface area contributed by atoms with E-state index in [2.05, 4.69) is 4.90 Å². The van der Waals surface area contributed by atoms with Crippen molar-refractivity contribution < 1.29 is 17.9 Å². The molecule has 2 fully saturated rings. The zero-order valence-corrected chi connectivity index (χ0v) is 15.7. The quantitative estimate of drug-likeness (QED) is 0.785. The first-order valence-electron chi connectivity index (χ1n) is 8.36. The summed E-state index contributed by atoms with van der Waals surface area (Å²) in [6, 6.07) is 7.27. The number of amides is 2. The number of urea groups is 1. The molecule has 8 heteroatoms. The van der Waals surface area contributed by atoms with Crippen molar-refractivity contribution >= 4 is 15.9 Å². The second-order valence-electron chi connectivity index (χ2n) is 6.90. The first-order valence-corrected chi connectivity index (χ1v) is 10.2. The zero-order chi connectivity index (χ0) is 18.2. The van der Waals surface area contributed by atoms with Crippen LogP contribution >= 0.6 is 0 Å². The number of carbonyl (C=O) groups is 1. The van der Waals surface area contributed by atoms with Crippen LogP contribution in [0.2, 0.25) is 0 Å². The van der Waals surface area contributed by atoms with Crippen LogP contribution in [0.25, 0.3) is 0 Å². The second kappa shape index (κ2) is 6.84. The number of hydrogen-bond acceptors (Lipinski definition) is 5. The van der Waals surface area contributed by atoms with E-state index in [9.17, 15) is 13.2 Å². The van der Waals surface area contributed by atoms with Gasteiger partial charge in [0.25, 0.3) is 0 Å². The van der Waals surface area contributed by atoms with Gasteiger partial charge in [-0.1, -0.05) is 12.1 Å². The van der Waals surface area contributed by atoms with Gasteiger partial charge in [0.05, 0.1) is 24.7 Å². The van der Waals surface area contributed by atoms with E-state index in [1.54, 1.807) is 26.1 Å². The molecule has 0 radical (unpaired) electrons. The van der Waals surface area contributed by atoms with Crippen molar-refractivity contribution in [1.82, 2.24) is 14.7 Å². The summed E-state index contributed by atoms with van der Waals surface area (Å²) < 4.78 is 29.6. The second-order valence-corrected chi connectivity index (χ2v) is 9.05. The Kier molecular flexibility index (Phi) is 4.92. The molecule has 1 aromatic carbocycles. The van der Waals surface area contributed by atoms with Gasteiger partial charge in [-0.25, -0.2) is 13.2 Å². The van der Waals surface area contributed by atoms with Gasteiger partial charge in [0.15, 0.2) is 9.84 Å². The number of piperazine rings is 1. The van der Waals surface area contributed by atoms with Gasteiger partial charge in [-0.15, -0.1) is 0 Å². The van der Waals surface area contributed by atoms with E-state index in [4.69, 9.17) is 4.74 Å². The van der Waals surface area contributed by atoms with Crippen LogP contribution in [0.3, 0.4) is 0 Å². The maximum absolute atomic E-state index is 12.4. The summed E-state index contributed by atoms with van der Waals surface area (Å²) in [7, 11) is 1.90. The van der Waals surface area contributed by atoms with Crippen LogP contribution in [0.1, 0.15) is 5.56 Å². The third-order valence-electron chi connectivity index (χ3n) is 4.96. The number of nitrogens with zero attached hydrogens (tertiary/aromatic N) is 3. The summed E-state index contributed by atoms with van der Waals surface area (Å²) in [6.45, 7) is 1.89. The highest BCUT2D eigenvalue weighted by atomic mass is 32.2. The summed E-state index contributed by atoms with van der Waals surface area (Å²) in [5.74, 6) is 0.966.